The van der Waals surface area contributed by atoms with Crippen molar-refractivity contribution in [3.8, 4) is 11.3 Å². The first-order valence-corrected chi connectivity index (χ1v) is 8.41. The van der Waals surface area contributed by atoms with Crippen LogP contribution < -0.4 is 0 Å². The summed E-state index contributed by atoms with van der Waals surface area (Å²) < 4.78 is 13.8. The minimum Gasteiger partial charge on any atom is -0.396 e. The van der Waals surface area contributed by atoms with Crippen LogP contribution in [0.15, 0.2) is 42.6 Å². The summed E-state index contributed by atoms with van der Waals surface area (Å²) in [4.78, 5) is 20.8. The molecule has 0 saturated carbocycles. The SMILES string of the molecule is CN1CCN(C(=O)c2ccc(-c3ncccc3F)cc2)C[C@@H]1CCO. The van der Waals surface area contributed by atoms with Gasteiger partial charge in [-0.25, -0.2) is 4.39 Å². The average Bonchev–Trinajstić information content (AvgIpc) is 2.64. The molecule has 1 aromatic heterocycles. The predicted molar refractivity (Wildman–Crippen MR) is 93.7 cm³/mol. The van der Waals surface area contributed by atoms with Gasteiger partial charge in [0.05, 0.1) is 0 Å². The van der Waals surface area contributed by atoms with E-state index in [2.05, 4.69) is 9.88 Å². The number of rotatable bonds is 4. The maximum absolute atomic E-state index is 13.8. The van der Waals surface area contributed by atoms with Crippen LogP contribution in [0.4, 0.5) is 4.39 Å². The Hall–Kier alpha value is -2.31. The summed E-state index contributed by atoms with van der Waals surface area (Å²) in [5.41, 5.74) is 1.50. The monoisotopic (exact) mass is 343 g/mol. The van der Waals surface area contributed by atoms with Crippen molar-refractivity contribution < 1.29 is 14.3 Å². The Bertz CT molecular complexity index is 736. The number of benzene rings is 1. The van der Waals surface area contributed by atoms with Crippen LogP contribution >= 0.6 is 0 Å². The van der Waals surface area contributed by atoms with Gasteiger partial charge in [-0.2, -0.15) is 0 Å². The van der Waals surface area contributed by atoms with Crippen LogP contribution in [0.3, 0.4) is 0 Å². The Kier molecular flexibility index (Phi) is 5.40. The second-order valence-electron chi connectivity index (χ2n) is 6.31. The Labute approximate surface area is 146 Å². The molecule has 0 aliphatic carbocycles. The van der Waals surface area contributed by atoms with E-state index in [0.29, 0.717) is 30.6 Å². The van der Waals surface area contributed by atoms with Gasteiger partial charge in [-0.15, -0.1) is 0 Å². The number of piperazine rings is 1. The molecule has 6 heteroatoms. The number of carbonyl (C=O) groups is 1. The number of aromatic nitrogens is 1. The number of hydrogen-bond donors (Lipinski definition) is 1. The van der Waals surface area contributed by atoms with E-state index in [9.17, 15) is 14.3 Å². The topological polar surface area (TPSA) is 56.7 Å². The molecule has 2 heterocycles. The zero-order valence-electron chi connectivity index (χ0n) is 14.2. The molecule has 1 N–H and O–H groups in total. The fourth-order valence-electron chi connectivity index (χ4n) is 3.14. The van der Waals surface area contributed by atoms with Gasteiger partial charge in [-0.1, -0.05) is 12.1 Å². The molecule has 1 saturated heterocycles. The number of hydrogen-bond acceptors (Lipinski definition) is 4. The Morgan fingerprint density at radius 3 is 2.72 bits per heavy atom. The molecular weight excluding hydrogens is 321 g/mol. The molecular formula is C19H22FN3O2. The van der Waals surface area contributed by atoms with Crippen LogP contribution in [0, 0.1) is 5.82 Å². The van der Waals surface area contributed by atoms with Gasteiger partial charge in [0.25, 0.3) is 5.91 Å². The van der Waals surface area contributed by atoms with Crippen LogP contribution in [-0.2, 0) is 0 Å². The largest absolute Gasteiger partial charge is 0.396 e. The van der Waals surface area contributed by atoms with Crippen molar-refractivity contribution in [2.45, 2.75) is 12.5 Å². The zero-order valence-corrected chi connectivity index (χ0v) is 14.2. The second kappa shape index (κ2) is 7.72. The number of aliphatic hydroxyl groups is 1. The molecule has 0 radical (unpaired) electrons. The molecule has 0 spiro atoms. The van der Waals surface area contributed by atoms with Gasteiger partial charge in [-0.05, 0) is 37.7 Å². The molecule has 1 amide bonds. The van der Waals surface area contributed by atoms with Gasteiger partial charge in [0, 0.05) is 49.6 Å². The number of nitrogens with zero attached hydrogens (tertiary/aromatic N) is 3. The molecule has 5 nitrogen and oxygen atoms in total. The van der Waals surface area contributed by atoms with Gasteiger partial charge >= 0.3 is 0 Å². The third-order valence-corrected chi connectivity index (χ3v) is 4.69. The van der Waals surface area contributed by atoms with Gasteiger partial charge in [0.2, 0.25) is 0 Å². The summed E-state index contributed by atoms with van der Waals surface area (Å²) in [5, 5.41) is 9.17. The molecule has 1 aromatic carbocycles. The number of halogens is 1. The summed E-state index contributed by atoms with van der Waals surface area (Å²) in [6.45, 7) is 2.16. The van der Waals surface area contributed by atoms with Crippen LogP contribution in [0.1, 0.15) is 16.8 Å². The molecule has 0 unspecified atom stereocenters. The quantitative estimate of drug-likeness (QED) is 0.923. The van der Waals surface area contributed by atoms with Crippen molar-refractivity contribution in [1.82, 2.24) is 14.8 Å². The van der Waals surface area contributed by atoms with E-state index in [1.165, 1.54) is 6.07 Å². The van der Waals surface area contributed by atoms with Gasteiger partial charge in [0.15, 0.2) is 0 Å². The summed E-state index contributed by atoms with van der Waals surface area (Å²) >= 11 is 0. The Morgan fingerprint density at radius 1 is 1.28 bits per heavy atom. The van der Waals surface area contributed by atoms with E-state index in [1.54, 1.807) is 36.5 Å². The van der Waals surface area contributed by atoms with E-state index < -0.39 is 0 Å². The number of carbonyl (C=O) groups excluding carboxylic acids is 1. The van der Waals surface area contributed by atoms with E-state index in [-0.39, 0.29) is 30.1 Å². The van der Waals surface area contributed by atoms with Crippen LogP contribution in [0.25, 0.3) is 11.3 Å². The maximum atomic E-state index is 13.8. The maximum Gasteiger partial charge on any atom is 0.253 e. The molecule has 132 valence electrons. The van der Waals surface area contributed by atoms with Crippen molar-refractivity contribution in [2.75, 3.05) is 33.3 Å². The smallest absolute Gasteiger partial charge is 0.253 e. The molecule has 1 fully saturated rings. The molecule has 1 atom stereocenters. The molecule has 0 bridgehead atoms. The molecule has 25 heavy (non-hydrogen) atoms. The molecule has 2 aromatic rings. The first kappa shape index (κ1) is 17.5. The van der Waals surface area contributed by atoms with Gasteiger partial charge in [-0.3, -0.25) is 14.7 Å². The van der Waals surface area contributed by atoms with Crippen molar-refractivity contribution in [3.05, 3.63) is 54.0 Å². The van der Waals surface area contributed by atoms with Crippen molar-refractivity contribution in [3.63, 3.8) is 0 Å². The van der Waals surface area contributed by atoms with Gasteiger partial charge in [0.1, 0.15) is 11.5 Å². The average molecular weight is 343 g/mol. The number of amides is 1. The molecule has 1 aliphatic rings. The first-order chi connectivity index (χ1) is 12.1. The highest BCUT2D eigenvalue weighted by molar-refractivity contribution is 5.94. The second-order valence-corrected chi connectivity index (χ2v) is 6.31. The summed E-state index contributed by atoms with van der Waals surface area (Å²) in [6.07, 6.45) is 2.20. The zero-order chi connectivity index (χ0) is 17.8. The predicted octanol–water partition coefficient (Wildman–Crippen LogP) is 2.03. The summed E-state index contributed by atoms with van der Waals surface area (Å²) in [5.74, 6) is -0.420. The Balaban J connectivity index is 1.74. The van der Waals surface area contributed by atoms with Crippen LogP contribution in [0.5, 0.6) is 0 Å². The summed E-state index contributed by atoms with van der Waals surface area (Å²) in [7, 11) is 2.01. The van der Waals surface area contributed by atoms with Crippen LogP contribution in [-0.4, -0.2) is 65.1 Å². The van der Waals surface area contributed by atoms with E-state index in [1.807, 2.05) is 11.9 Å². The lowest BCUT2D eigenvalue weighted by atomic mass is 10.1. The third-order valence-electron chi connectivity index (χ3n) is 4.69. The molecule has 3 rings (SSSR count). The third kappa shape index (κ3) is 3.86. The lowest BCUT2D eigenvalue weighted by molar-refractivity contribution is 0.0500. The highest BCUT2D eigenvalue weighted by Gasteiger charge is 2.27. The van der Waals surface area contributed by atoms with E-state index in [0.717, 1.165) is 6.54 Å². The highest BCUT2D eigenvalue weighted by atomic mass is 19.1. The number of aliphatic hydroxyl groups excluding tert-OH is 1. The standard InChI is InChI=1S/C19H22FN3O2/c1-22-10-11-23(13-16(22)8-12-24)19(25)15-6-4-14(5-7-15)18-17(20)3-2-9-21-18/h2-7,9,16,24H,8,10-13H2,1H3/t16-/m0/s1. The minimum absolute atomic E-state index is 0.0379. The normalized spacial score (nSPS) is 18.4. The van der Waals surface area contributed by atoms with Crippen molar-refractivity contribution in [1.29, 1.82) is 0 Å². The fourth-order valence-corrected chi connectivity index (χ4v) is 3.14. The van der Waals surface area contributed by atoms with Crippen molar-refractivity contribution >= 4 is 5.91 Å². The number of pyridine rings is 1. The van der Waals surface area contributed by atoms with E-state index in [4.69, 9.17) is 0 Å². The lowest BCUT2D eigenvalue weighted by Crippen LogP contribution is -2.53. The van der Waals surface area contributed by atoms with Gasteiger partial charge < -0.3 is 10.0 Å². The number of likely N-dealkylation sites (N-methyl/N-ethyl adjacent to an activating group) is 1. The van der Waals surface area contributed by atoms with Crippen LogP contribution in [0.2, 0.25) is 0 Å². The Morgan fingerprint density at radius 2 is 2.04 bits per heavy atom. The van der Waals surface area contributed by atoms with E-state index >= 15 is 0 Å². The molecule has 1 aliphatic heterocycles. The lowest BCUT2D eigenvalue weighted by Gasteiger charge is -2.39. The summed E-state index contributed by atoms with van der Waals surface area (Å²) in [6, 6.07) is 9.96. The minimum atomic E-state index is -0.382. The highest BCUT2D eigenvalue weighted by Crippen LogP contribution is 2.21. The van der Waals surface area contributed by atoms with Crippen molar-refractivity contribution in [2.24, 2.45) is 0 Å². The fraction of sp³-hybridized carbons (Fsp3) is 0.368. The first-order valence-electron chi connectivity index (χ1n) is 8.41.